The second-order valence-electron chi connectivity index (χ2n) is 16.9. The van der Waals surface area contributed by atoms with Gasteiger partial charge in [-0.15, -0.1) is 0 Å². The van der Waals surface area contributed by atoms with Crippen molar-refractivity contribution in [1.29, 1.82) is 0 Å². The van der Waals surface area contributed by atoms with E-state index < -0.39 is 144 Å². The van der Waals surface area contributed by atoms with E-state index in [0.29, 0.717) is 0 Å². The molecule has 12 atom stereocenters. The first-order chi connectivity index (χ1) is 30.3. The van der Waals surface area contributed by atoms with E-state index in [1.807, 2.05) is 0 Å². The summed E-state index contributed by atoms with van der Waals surface area (Å²) < 4.78 is 65.6. The van der Waals surface area contributed by atoms with Gasteiger partial charge in [-0.2, -0.15) is 0 Å². The zero-order chi connectivity index (χ0) is 48.0. The van der Waals surface area contributed by atoms with Crippen molar-refractivity contribution in [3.05, 3.63) is 53.7 Å². The molecule has 6 rings (SSSR count). The molecule has 4 bridgehead atoms. The maximum atomic E-state index is 15.0. The van der Waals surface area contributed by atoms with E-state index in [9.17, 15) is 43.5 Å². The number of ether oxygens (including phenoxy) is 10. The van der Waals surface area contributed by atoms with E-state index in [2.05, 4.69) is 4.98 Å². The van der Waals surface area contributed by atoms with Crippen LogP contribution in [-0.4, -0.2) is 136 Å². The summed E-state index contributed by atoms with van der Waals surface area (Å²) in [4.78, 5) is 127. The maximum Gasteiger partial charge on any atom is 0.375 e. The lowest BCUT2D eigenvalue weighted by Gasteiger charge is -2.67. The third-order valence-corrected chi connectivity index (χ3v) is 12.2. The van der Waals surface area contributed by atoms with Crippen LogP contribution in [0.5, 0.6) is 0 Å². The Morgan fingerprint density at radius 3 is 1.92 bits per heavy atom. The fourth-order valence-electron chi connectivity index (χ4n) is 9.89. The molecule has 0 radical (unpaired) electrons. The minimum Gasteiger partial charge on any atom is -0.465 e. The number of aliphatic hydroxyl groups is 1. The van der Waals surface area contributed by atoms with Gasteiger partial charge in [0.1, 0.15) is 42.0 Å². The summed E-state index contributed by atoms with van der Waals surface area (Å²) in [6, 6.07) is 5.40. The number of rotatable bonds is 9. The molecule has 0 aromatic carbocycles. The summed E-state index contributed by atoms with van der Waals surface area (Å²) in [6.45, 7) is 7.19. The first-order valence-corrected chi connectivity index (χ1v) is 20.4. The molecule has 0 amide bonds. The summed E-state index contributed by atoms with van der Waals surface area (Å²) in [5, 5.41) is 13.7. The molecule has 2 aromatic heterocycles. The third-order valence-electron chi connectivity index (χ3n) is 12.2. The van der Waals surface area contributed by atoms with Crippen molar-refractivity contribution in [2.45, 2.75) is 134 Å². The van der Waals surface area contributed by atoms with Crippen LogP contribution in [0.4, 0.5) is 0 Å². The van der Waals surface area contributed by atoms with Crippen LogP contribution in [0.3, 0.4) is 0 Å². The molecule has 2 aromatic rings. The van der Waals surface area contributed by atoms with Crippen molar-refractivity contribution in [3.63, 3.8) is 0 Å². The standard InChI is InChI=1S/C43H49NO21/c1-20(45)56-19-42-34(61-24(5)49)30(58-21(2)46)29-32(60-23(4)48)43(42)41(9,54)33(31(59-22(3)47)35(42)62-25(6)50)63-38(53)39(7,64-37(52)28-13-11-17-55-28)15-14-27-26(12-10-16-44-27)36(51)57-18-40(29,8)65-43/h10-13,16-17,29-35,54H,14-15,18-19H2,1-9H3/t29-,30+,31+,32+,33+,34-,35-,39?,40+,41+,42+,43-/m0/s1. The summed E-state index contributed by atoms with van der Waals surface area (Å²) in [6.07, 6.45) is -11.1. The van der Waals surface area contributed by atoms with E-state index in [-0.39, 0.29) is 23.4 Å². The van der Waals surface area contributed by atoms with E-state index in [0.717, 1.165) is 55.4 Å². The van der Waals surface area contributed by atoms with Crippen LogP contribution in [-0.2, 0) is 87.4 Å². The minimum absolute atomic E-state index is 0.0413. The summed E-state index contributed by atoms with van der Waals surface area (Å²) >= 11 is 0. The van der Waals surface area contributed by atoms with E-state index >= 15 is 4.79 Å². The van der Waals surface area contributed by atoms with Crippen LogP contribution in [0.25, 0.3) is 0 Å². The molecule has 2 aliphatic carbocycles. The Morgan fingerprint density at radius 1 is 0.769 bits per heavy atom. The Kier molecular flexibility index (Phi) is 12.9. The van der Waals surface area contributed by atoms with Gasteiger partial charge in [-0.05, 0) is 51.5 Å². The van der Waals surface area contributed by atoms with E-state index in [4.69, 9.17) is 51.8 Å². The monoisotopic (exact) mass is 915 g/mol. The highest BCUT2D eigenvalue weighted by Crippen LogP contribution is 2.70. The molecule has 2 aliphatic heterocycles. The minimum atomic E-state index is -3.02. The number of hydrogen-bond acceptors (Lipinski definition) is 22. The van der Waals surface area contributed by atoms with Gasteiger partial charge >= 0.3 is 53.7 Å². The number of esters is 9. The zero-order valence-corrected chi connectivity index (χ0v) is 36.9. The van der Waals surface area contributed by atoms with Gasteiger partial charge in [-0.1, -0.05) is 0 Å². The number of carbonyl (C=O) groups is 9. The molecule has 1 saturated heterocycles. The summed E-state index contributed by atoms with van der Waals surface area (Å²) in [5.74, 6) is -12.2. The highest BCUT2D eigenvalue weighted by Gasteiger charge is 2.92. The zero-order valence-electron chi connectivity index (χ0n) is 36.9. The van der Waals surface area contributed by atoms with Crippen molar-refractivity contribution in [1.82, 2.24) is 4.98 Å². The second kappa shape index (κ2) is 17.5. The van der Waals surface area contributed by atoms with Crippen molar-refractivity contribution in [2.24, 2.45) is 11.3 Å². The first kappa shape index (κ1) is 48.0. The molecule has 3 fully saturated rings. The SMILES string of the molecule is CC(=O)OC[C@]12[C@@H](OC(C)=O)[C@H](OC(C)=O)[C@H]3[C@@H](OC(C)=O)[C@@]14O[C@]3(C)COC(=O)c1cccnc1CCC(C)(OC(=O)c1ccco1)C(=O)O[C@H]([C@@H](OC(C)=O)[C@@H]2OC(C)=O)[C@@]4(C)O. The molecule has 65 heavy (non-hydrogen) atoms. The maximum absolute atomic E-state index is 15.0. The molecular weight excluding hydrogens is 866 g/mol. The number of aromatic nitrogens is 1. The van der Waals surface area contributed by atoms with Crippen LogP contribution < -0.4 is 0 Å². The Labute approximate surface area is 370 Å². The Balaban J connectivity index is 1.77. The molecule has 2 saturated carbocycles. The van der Waals surface area contributed by atoms with Crippen LogP contribution in [0, 0.1) is 11.3 Å². The topological polar surface area (TPSA) is 292 Å². The molecule has 1 spiro atoms. The van der Waals surface area contributed by atoms with Gasteiger partial charge < -0.3 is 56.9 Å². The molecule has 1 N–H and O–H groups in total. The van der Waals surface area contributed by atoms with Gasteiger partial charge in [-0.25, -0.2) is 14.4 Å². The molecule has 1 unspecified atom stereocenters. The van der Waals surface area contributed by atoms with Crippen molar-refractivity contribution in [3.8, 4) is 0 Å². The van der Waals surface area contributed by atoms with Gasteiger partial charge in [0.15, 0.2) is 30.0 Å². The average Bonchev–Trinajstić information content (AvgIpc) is 3.82. The number of furan rings is 1. The third kappa shape index (κ3) is 8.28. The van der Waals surface area contributed by atoms with Gasteiger partial charge in [0.05, 0.1) is 23.4 Å². The fourth-order valence-corrected chi connectivity index (χ4v) is 9.89. The van der Waals surface area contributed by atoms with Crippen molar-refractivity contribution < 1.29 is 100 Å². The summed E-state index contributed by atoms with van der Waals surface area (Å²) in [5.41, 5.74) is -13.3. The Morgan fingerprint density at radius 2 is 1.35 bits per heavy atom. The predicted molar refractivity (Wildman–Crippen MR) is 208 cm³/mol. The Bertz CT molecular complexity index is 2270. The predicted octanol–water partition coefficient (Wildman–Crippen LogP) is 1.44. The number of fused-ring (bicyclic) bond motifs is 5. The number of aryl methyl sites for hydroxylation is 1. The van der Waals surface area contributed by atoms with Gasteiger partial charge in [0.25, 0.3) is 0 Å². The molecular formula is C43H49NO21. The largest absolute Gasteiger partial charge is 0.465 e. The molecule has 22 heteroatoms. The second-order valence-corrected chi connectivity index (χ2v) is 16.9. The number of nitrogens with zero attached hydrogens (tertiary/aromatic N) is 1. The molecule has 352 valence electrons. The molecule has 22 nitrogen and oxygen atoms in total. The van der Waals surface area contributed by atoms with Gasteiger partial charge in [0.2, 0.25) is 11.4 Å². The van der Waals surface area contributed by atoms with E-state index in [1.165, 1.54) is 43.6 Å². The van der Waals surface area contributed by atoms with Crippen molar-refractivity contribution >= 4 is 53.7 Å². The molecule has 4 heterocycles. The number of cyclic esters (lactones) is 1. The fraction of sp³-hybridized carbons (Fsp3) is 0.581. The number of pyridine rings is 1. The number of carbonyl (C=O) groups excluding carboxylic acids is 9. The highest BCUT2D eigenvalue weighted by molar-refractivity contribution is 5.91. The van der Waals surface area contributed by atoms with Crippen LogP contribution in [0.15, 0.2) is 41.1 Å². The van der Waals surface area contributed by atoms with Crippen LogP contribution >= 0.6 is 0 Å². The highest BCUT2D eigenvalue weighted by atomic mass is 16.7. The van der Waals surface area contributed by atoms with Gasteiger partial charge in [-0.3, -0.25) is 33.8 Å². The normalized spacial score (nSPS) is 35.0. The average molecular weight is 916 g/mol. The van der Waals surface area contributed by atoms with Gasteiger partial charge in [0, 0.05) is 54.2 Å². The lowest BCUT2D eigenvalue weighted by Crippen LogP contribution is -2.89. The smallest absolute Gasteiger partial charge is 0.375 e. The quantitative estimate of drug-likeness (QED) is 0.275. The Hall–Kier alpha value is -6.42. The lowest BCUT2D eigenvalue weighted by atomic mass is 9.45. The molecule has 4 aliphatic rings. The lowest BCUT2D eigenvalue weighted by molar-refractivity contribution is -0.387. The van der Waals surface area contributed by atoms with E-state index in [1.54, 1.807) is 0 Å². The van der Waals surface area contributed by atoms with Crippen molar-refractivity contribution in [2.75, 3.05) is 13.2 Å². The number of hydrogen-bond donors (Lipinski definition) is 1. The summed E-state index contributed by atoms with van der Waals surface area (Å²) in [7, 11) is 0. The van der Waals surface area contributed by atoms with Crippen LogP contribution in [0.2, 0.25) is 0 Å². The van der Waals surface area contributed by atoms with Crippen LogP contribution in [0.1, 0.15) is 95.3 Å². The first-order valence-electron chi connectivity index (χ1n) is 20.4.